The number of nitrogens with zero attached hydrogens (tertiary/aromatic N) is 2. The lowest BCUT2D eigenvalue weighted by Gasteiger charge is -2.32. The molecule has 2 unspecified atom stereocenters. The van der Waals surface area contributed by atoms with Gasteiger partial charge in [-0.2, -0.15) is 5.26 Å². The summed E-state index contributed by atoms with van der Waals surface area (Å²) in [6.07, 6.45) is 4.51. The minimum absolute atomic E-state index is 0.0329. The second-order valence-electron chi connectivity index (χ2n) is 8.40. The monoisotopic (exact) mass is 443 g/mol. The average Bonchev–Trinajstić information content (AvgIpc) is 2.84. The van der Waals surface area contributed by atoms with Gasteiger partial charge in [0.05, 0.1) is 32.5 Å². The molecule has 174 valence electrons. The first-order valence-electron chi connectivity index (χ1n) is 11.5. The zero-order valence-electron chi connectivity index (χ0n) is 18.5. The van der Waals surface area contributed by atoms with Crippen molar-refractivity contribution < 1.29 is 23.8 Å². The molecule has 8 heteroatoms. The van der Waals surface area contributed by atoms with Crippen molar-refractivity contribution in [3.05, 3.63) is 35.9 Å². The Morgan fingerprint density at radius 3 is 2.56 bits per heavy atom. The number of nitriles is 1. The fourth-order valence-electron chi connectivity index (χ4n) is 4.20. The van der Waals surface area contributed by atoms with Gasteiger partial charge in [-0.1, -0.05) is 62.4 Å². The molecule has 1 N–H and O–H groups in total. The van der Waals surface area contributed by atoms with E-state index in [-0.39, 0.29) is 12.5 Å². The smallest absolute Gasteiger partial charge is 0.409 e. The van der Waals surface area contributed by atoms with Crippen molar-refractivity contribution in [2.24, 2.45) is 5.92 Å². The Kier molecular flexibility index (Phi) is 9.79. The highest BCUT2D eigenvalue weighted by atomic mass is 16.6. The van der Waals surface area contributed by atoms with E-state index in [2.05, 4.69) is 5.32 Å². The first-order chi connectivity index (χ1) is 15.7. The molecule has 1 saturated heterocycles. The normalized spacial score (nSPS) is 18.9. The molecule has 0 bridgehead atoms. The average molecular weight is 444 g/mol. The number of morpholine rings is 1. The van der Waals surface area contributed by atoms with Crippen LogP contribution in [0.4, 0.5) is 4.79 Å². The van der Waals surface area contributed by atoms with Gasteiger partial charge in [-0.05, 0) is 17.9 Å². The van der Waals surface area contributed by atoms with Gasteiger partial charge in [0, 0.05) is 13.1 Å². The minimum Gasteiger partial charge on any atom is -0.436 e. The van der Waals surface area contributed by atoms with E-state index >= 15 is 0 Å². The second-order valence-corrected chi connectivity index (χ2v) is 8.40. The van der Waals surface area contributed by atoms with Crippen LogP contribution < -0.4 is 5.32 Å². The number of carbonyl (C=O) groups excluding carboxylic acids is 2. The first kappa shape index (κ1) is 24.0. The molecule has 3 rings (SSSR count). The zero-order chi connectivity index (χ0) is 22.6. The van der Waals surface area contributed by atoms with Crippen LogP contribution in [0, 0.1) is 17.2 Å². The van der Waals surface area contributed by atoms with Gasteiger partial charge in [-0.15, -0.1) is 0 Å². The predicted octanol–water partition coefficient (Wildman–Crippen LogP) is 3.02. The molecule has 2 atom stereocenters. The van der Waals surface area contributed by atoms with Crippen molar-refractivity contribution in [2.75, 3.05) is 32.9 Å². The SMILES string of the molecule is N#CC(COCc1ccccc1)NC(=O)OC(CC1CCCCC1)C(=O)N1CCOCC1. The van der Waals surface area contributed by atoms with Crippen LogP contribution in [0.2, 0.25) is 0 Å². The van der Waals surface area contributed by atoms with E-state index in [9.17, 15) is 14.9 Å². The maximum atomic E-state index is 13.1. The van der Waals surface area contributed by atoms with Crippen LogP contribution in [0.1, 0.15) is 44.1 Å². The van der Waals surface area contributed by atoms with Crippen LogP contribution in [0.3, 0.4) is 0 Å². The molecule has 0 aromatic heterocycles. The number of benzene rings is 1. The number of amides is 2. The lowest BCUT2D eigenvalue weighted by Crippen LogP contribution is -2.49. The first-order valence-corrected chi connectivity index (χ1v) is 11.5. The van der Waals surface area contributed by atoms with E-state index in [0.29, 0.717) is 45.2 Å². The number of hydrogen-bond acceptors (Lipinski definition) is 6. The van der Waals surface area contributed by atoms with Gasteiger partial charge in [-0.3, -0.25) is 4.79 Å². The Bertz CT molecular complexity index is 755. The highest BCUT2D eigenvalue weighted by molar-refractivity contribution is 5.83. The van der Waals surface area contributed by atoms with Crippen molar-refractivity contribution in [1.82, 2.24) is 10.2 Å². The summed E-state index contributed by atoms with van der Waals surface area (Å²) in [4.78, 5) is 27.3. The Morgan fingerprint density at radius 2 is 1.88 bits per heavy atom. The van der Waals surface area contributed by atoms with Crippen molar-refractivity contribution >= 4 is 12.0 Å². The second kappa shape index (κ2) is 13.0. The number of carbonyl (C=O) groups is 2. The number of hydrogen-bond donors (Lipinski definition) is 1. The fourth-order valence-corrected chi connectivity index (χ4v) is 4.20. The van der Waals surface area contributed by atoms with Crippen LogP contribution in [0.25, 0.3) is 0 Å². The van der Waals surface area contributed by atoms with Gasteiger partial charge in [0.15, 0.2) is 6.10 Å². The molecular weight excluding hydrogens is 410 g/mol. The number of nitrogens with one attached hydrogen (secondary N) is 1. The molecule has 32 heavy (non-hydrogen) atoms. The maximum Gasteiger partial charge on any atom is 0.409 e. The molecule has 1 aliphatic heterocycles. The minimum atomic E-state index is -0.861. The highest BCUT2D eigenvalue weighted by Gasteiger charge is 2.32. The summed E-state index contributed by atoms with van der Waals surface area (Å²) >= 11 is 0. The summed E-state index contributed by atoms with van der Waals surface area (Å²) < 4.78 is 16.5. The zero-order valence-corrected chi connectivity index (χ0v) is 18.5. The molecule has 1 aliphatic carbocycles. The molecular formula is C24H33N3O5. The maximum absolute atomic E-state index is 13.1. The molecule has 2 aliphatic rings. The van der Waals surface area contributed by atoms with Crippen LogP contribution in [-0.4, -0.2) is 62.0 Å². The summed E-state index contributed by atoms with van der Waals surface area (Å²) in [6, 6.07) is 10.7. The molecule has 1 aromatic carbocycles. The van der Waals surface area contributed by atoms with E-state index in [1.54, 1.807) is 4.90 Å². The lowest BCUT2D eigenvalue weighted by atomic mass is 9.85. The van der Waals surface area contributed by atoms with Crippen LogP contribution in [-0.2, 0) is 25.6 Å². The summed E-state index contributed by atoms with van der Waals surface area (Å²) in [5.41, 5.74) is 0.982. The predicted molar refractivity (Wildman–Crippen MR) is 117 cm³/mol. The number of rotatable bonds is 9. The molecule has 0 spiro atoms. The van der Waals surface area contributed by atoms with Crippen molar-refractivity contribution in [1.29, 1.82) is 5.26 Å². The van der Waals surface area contributed by atoms with E-state index in [1.807, 2.05) is 36.4 Å². The van der Waals surface area contributed by atoms with Crippen LogP contribution in [0.15, 0.2) is 30.3 Å². The number of alkyl carbamates (subject to hydrolysis) is 1. The Morgan fingerprint density at radius 1 is 1.16 bits per heavy atom. The third-order valence-corrected chi connectivity index (χ3v) is 5.96. The summed E-state index contributed by atoms with van der Waals surface area (Å²) in [5, 5.41) is 11.9. The molecule has 1 heterocycles. The van der Waals surface area contributed by atoms with Crippen LogP contribution >= 0.6 is 0 Å². The van der Waals surface area contributed by atoms with Gasteiger partial charge in [0.2, 0.25) is 0 Å². The van der Waals surface area contributed by atoms with Crippen molar-refractivity contribution in [3.63, 3.8) is 0 Å². The summed E-state index contributed by atoms with van der Waals surface area (Å²) in [7, 11) is 0. The van der Waals surface area contributed by atoms with Gasteiger partial charge in [0.1, 0.15) is 6.04 Å². The highest BCUT2D eigenvalue weighted by Crippen LogP contribution is 2.28. The lowest BCUT2D eigenvalue weighted by molar-refractivity contribution is -0.145. The Hall–Kier alpha value is -2.63. The topological polar surface area (TPSA) is 101 Å². The van der Waals surface area contributed by atoms with Gasteiger partial charge in [0.25, 0.3) is 5.91 Å². The van der Waals surface area contributed by atoms with Crippen molar-refractivity contribution in [3.8, 4) is 6.07 Å². The third-order valence-electron chi connectivity index (χ3n) is 5.96. The molecule has 2 amide bonds. The molecule has 2 fully saturated rings. The molecule has 1 saturated carbocycles. The van der Waals surface area contributed by atoms with E-state index in [1.165, 1.54) is 6.42 Å². The summed E-state index contributed by atoms with van der Waals surface area (Å²) in [5.74, 6) is 0.190. The number of ether oxygens (including phenoxy) is 3. The van der Waals surface area contributed by atoms with E-state index in [4.69, 9.17) is 14.2 Å². The Labute approximate surface area is 189 Å². The van der Waals surface area contributed by atoms with Gasteiger partial charge < -0.3 is 24.4 Å². The molecule has 1 aromatic rings. The standard InChI is InChI=1S/C24H33N3O5/c25-16-21(18-31-17-20-9-5-2-6-10-20)26-24(29)32-22(15-19-7-3-1-4-8-19)23(28)27-11-13-30-14-12-27/h2,5-6,9-10,19,21-22H,1,3-4,7-8,11-15,17-18H2,(H,26,29). The molecule has 0 radical (unpaired) electrons. The van der Waals surface area contributed by atoms with Gasteiger partial charge in [-0.25, -0.2) is 4.79 Å². The summed E-state index contributed by atoms with van der Waals surface area (Å²) in [6.45, 7) is 2.35. The largest absolute Gasteiger partial charge is 0.436 e. The van der Waals surface area contributed by atoms with E-state index < -0.39 is 18.2 Å². The van der Waals surface area contributed by atoms with Gasteiger partial charge >= 0.3 is 6.09 Å². The fraction of sp³-hybridized carbons (Fsp3) is 0.625. The third kappa shape index (κ3) is 7.81. The Balaban J connectivity index is 1.52. The van der Waals surface area contributed by atoms with Crippen molar-refractivity contribution in [2.45, 2.75) is 57.3 Å². The van der Waals surface area contributed by atoms with E-state index in [0.717, 1.165) is 31.2 Å². The molecule has 8 nitrogen and oxygen atoms in total. The quantitative estimate of drug-likeness (QED) is 0.630. The van der Waals surface area contributed by atoms with Crippen LogP contribution in [0.5, 0.6) is 0 Å².